The summed E-state index contributed by atoms with van der Waals surface area (Å²) < 4.78 is 65.1. The van der Waals surface area contributed by atoms with Crippen LogP contribution in [0.15, 0.2) is 6.20 Å². The molecule has 0 aliphatic heterocycles. The molecule has 1 heterocycles. The van der Waals surface area contributed by atoms with Crippen LogP contribution in [0.5, 0.6) is 5.75 Å². The van der Waals surface area contributed by atoms with Gasteiger partial charge in [-0.25, -0.2) is 13.6 Å². The van der Waals surface area contributed by atoms with E-state index in [4.69, 9.17) is 16.7 Å². The zero-order valence-electron chi connectivity index (χ0n) is 8.84. The number of alkyl halides is 6. The first-order valence-electron chi connectivity index (χ1n) is 4.52. The highest BCUT2D eigenvalue weighted by Gasteiger charge is 2.36. The summed E-state index contributed by atoms with van der Waals surface area (Å²) in [5.74, 6) is -3.95. The van der Waals surface area contributed by atoms with Crippen LogP contribution >= 0.6 is 11.6 Å². The number of halogens is 6. The number of ether oxygens (including phenoxy) is 1. The average Bonchev–Trinajstić information content (AvgIpc) is 2.25. The van der Waals surface area contributed by atoms with Crippen LogP contribution in [0, 0.1) is 0 Å². The van der Waals surface area contributed by atoms with Crippen LogP contribution in [0.2, 0.25) is 0 Å². The standard InChI is InChI=1S/C9H5ClF5NO3/c10-1-4-6(19-9(13,14)15)5(8(17)18)3(2-16-4)7(11)12/h2,7H,1H2,(H,17,18). The Hall–Kier alpha value is -1.64. The van der Waals surface area contributed by atoms with Crippen molar-refractivity contribution >= 4 is 17.6 Å². The van der Waals surface area contributed by atoms with E-state index in [0.717, 1.165) is 0 Å². The third-order valence-electron chi connectivity index (χ3n) is 1.93. The Kier molecular flexibility index (Phi) is 4.51. The van der Waals surface area contributed by atoms with Gasteiger partial charge in [0.15, 0.2) is 5.75 Å². The first kappa shape index (κ1) is 15.4. The van der Waals surface area contributed by atoms with Crippen molar-refractivity contribution in [2.45, 2.75) is 18.7 Å². The smallest absolute Gasteiger partial charge is 0.478 e. The van der Waals surface area contributed by atoms with E-state index in [1.807, 2.05) is 0 Å². The molecular formula is C9H5ClF5NO3. The van der Waals surface area contributed by atoms with Crippen molar-refractivity contribution < 1.29 is 36.6 Å². The van der Waals surface area contributed by atoms with Gasteiger partial charge in [0.25, 0.3) is 6.43 Å². The fourth-order valence-corrected chi connectivity index (χ4v) is 1.44. The highest BCUT2D eigenvalue weighted by atomic mass is 35.5. The molecule has 1 aromatic rings. The minimum atomic E-state index is -5.26. The first-order chi connectivity index (χ1) is 8.67. The van der Waals surface area contributed by atoms with Gasteiger partial charge >= 0.3 is 12.3 Å². The van der Waals surface area contributed by atoms with Crippen molar-refractivity contribution in [2.75, 3.05) is 0 Å². The molecule has 1 rings (SSSR count). The molecular weight excluding hydrogens is 301 g/mol. The van der Waals surface area contributed by atoms with Crippen LogP contribution in [-0.2, 0) is 5.88 Å². The Bertz CT molecular complexity index is 491. The summed E-state index contributed by atoms with van der Waals surface area (Å²) in [5.41, 5.74) is -3.08. The Balaban J connectivity index is 3.53. The summed E-state index contributed by atoms with van der Waals surface area (Å²) in [5, 5.41) is 8.76. The van der Waals surface area contributed by atoms with Crippen LogP contribution in [0.4, 0.5) is 22.0 Å². The molecule has 0 aliphatic carbocycles. The predicted octanol–water partition coefficient (Wildman–Crippen LogP) is 3.35. The van der Waals surface area contributed by atoms with E-state index in [2.05, 4.69) is 9.72 Å². The molecule has 19 heavy (non-hydrogen) atoms. The van der Waals surface area contributed by atoms with Crippen LogP contribution < -0.4 is 4.74 Å². The number of carbonyl (C=O) groups is 1. The highest BCUT2D eigenvalue weighted by Crippen LogP contribution is 2.35. The van der Waals surface area contributed by atoms with Gasteiger partial charge in [0.2, 0.25) is 0 Å². The second-order valence-electron chi connectivity index (χ2n) is 3.15. The van der Waals surface area contributed by atoms with E-state index >= 15 is 0 Å². The number of nitrogens with zero attached hydrogens (tertiary/aromatic N) is 1. The van der Waals surface area contributed by atoms with Crippen LogP contribution in [-0.4, -0.2) is 22.4 Å². The summed E-state index contributed by atoms with van der Waals surface area (Å²) >= 11 is 5.28. The number of aromatic nitrogens is 1. The van der Waals surface area contributed by atoms with Gasteiger partial charge < -0.3 is 9.84 Å². The Morgan fingerprint density at radius 3 is 2.42 bits per heavy atom. The molecule has 0 saturated heterocycles. The first-order valence-corrected chi connectivity index (χ1v) is 5.05. The molecule has 0 spiro atoms. The van der Waals surface area contributed by atoms with Crippen molar-refractivity contribution in [3.8, 4) is 5.75 Å². The SMILES string of the molecule is O=C(O)c1c(C(F)F)cnc(CCl)c1OC(F)(F)F. The van der Waals surface area contributed by atoms with Crippen molar-refractivity contribution in [1.82, 2.24) is 4.98 Å². The van der Waals surface area contributed by atoms with E-state index in [-0.39, 0.29) is 0 Å². The second-order valence-corrected chi connectivity index (χ2v) is 3.42. The molecule has 1 N–H and O–H groups in total. The number of rotatable bonds is 4. The molecule has 0 radical (unpaired) electrons. The molecule has 0 atom stereocenters. The minimum absolute atomic E-state index is 0.453. The topological polar surface area (TPSA) is 59.4 Å². The lowest BCUT2D eigenvalue weighted by atomic mass is 10.1. The summed E-state index contributed by atoms with van der Waals surface area (Å²) in [6, 6.07) is 0. The zero-order chi connectivity index (χ0) is 14.8. The molecule has 1 aromatic heterocycles. The van der Waals surface area contributed by atoms with Crippen molar-refractivity contribution in [2.24, 2.45) is 0 Å². The maximum Gasteiger partial charge on any atom is 0.573 e. The van der Waals surface area contributed by atoms with Gasteiger partial charge in [0.05, 0.1) is 17.1 Å². The van der Waals surface area contributed by atoms with Crippen molar-refractivity contribution in [1.29, 1.82) is 0 Å². The number of aromatic carboxylic acids is 1. The monoisotopic (exact) mass is 305 g/mol. The van der Waals surface area contributed by atoms with Gasteiger partial charge in [-0.1, -0.05) is 0 Å². The molecule has 106 valence electrons. The molecule has 0 saturated carbocycles. The third kappa shape index (κ3) is 3.66. The number of pyridine rings is 1. The van der Waals surface area contributed by atoms with Crippen LogP contribution in [0.25, 0.3) is 0 Å². The summed E-state index contributed by atoms with van der Waals surface area (Å²) in [6.45, 7) is 0. The lowest BCUT2D eigenvalue weighted by Gasteiger charge is -2.16. The van der Waals surface area contributed by atoms with Gasteiger partial charge in [-0.2, -0.15) is 0 Å². The van der Waals surface area contributed by atoms with Gasteiger partial charge in [0, 0.05) is 6.20 Å². The maximum absolute atomic E-state index is 12.6. The minimum Gasteiger partial charge on any atom is -0.478 e. The molecule has 10 heteroatoms. The van der Waals surface area contributed by atoms with E-state index in [1.54, 1.807) is 0 Å². The van der Waals surface area contributed by atoms with Crippen LogP contribution in [0.1, 0.15) is 28.0 Å². The lowest BCUT2D eigenvalue weighted by Crippen LogP contribution is -2.21. The Morgan fingerprint density at radius 1 is 1.47 bits per heavy atom. The number of hydrogen-bond donors (Lipinski definition) is 1. The van der Waals surface area contributed by atoms with E-state index < -0.39 is 47.2 Å². The van der Waals surface area contributed by atoms with E-state index in [9.17, 15) is 26.7 Å². The number of carboxylic acids is 1. The van der Waals surface area contributed by atoms with Crippen LogP contribution in [0.3, 0.4) is 0 Å². The largest absolute Gasteiger partial charge is 0.573 e. The summed E-state index contributed by atoms with van der Waals surface area (Å²) in [6.07, 6.45) is -8.12. The van der Waals surface area contributed by atoms with Gasteiger partial charge in [0.1, 0.15) is 5.56 Å². The summed E-state index contributed by atoms with van der Waals surface area (Å²) in [4.78, 5) is 14.1. The molecule has 0 fully saturated rings. The van der Waals surface area contributed by atoms with E-state index in [0.29, 0.717) is 6.20 Å². The quantitative estimate of drug-likeness (QED) is 0.684. The average molecular weight is 306 g/mol. The molecule has 4 nitrogen and oxygen atoms in total. The van der Waals surface area contributed by atoms with E-state index in [1.165, 1.54) is 0 Å². The molecule has 0 amide bonds. The van der Waals surface area contributed by atoms with Crippen molar-refractivity contribution in [3.63, 3.8) is 0 Å². The summed E-state index contributed by atoms with van der Waals surface area (Å²) in [7, 11) is 0. The van der Waals surface area contributed by atoms with Gasteiger partial charge in [-0.3, -0.25) is 4.98 Å². The fraction of sp³-hybridized carbons (Fsp3) is 0.333. The highest BCUT2D eigenvalue weighted by molar-refractivity contribution is 6.17. The molecule has 0 bridgehead atoms. The fourth-order valence-electron chi connectivity index (χ4n) is 1.25. The lowest BCUT2D eigenvalue weighted by molar-refractivity contribution is -0.275. The molecule has 0 unspecified atom stereocenters. The van der Waals surface area contributed by atoms with Gasteiger partial charge in [-0.15, -0.1) is 24.8 Å². The molecule has 0 aromatic carbocycles. The third-order valence-corrected chi connectivity index (χ3v) is 2.18. The Morgan fingerprint density at radius 2 is 2.05 bits per heavy atom. The number of carboxylic acid groups (broad SMARTS) is 1. The maximum atomic E-state index is 12.6. The number of hydrogen-bond acceptors (Lipinski definition) is 3. The Labute approximate surface area is 107 Å². The zero-order valence-corrected chi connectivity index (χ0v) is 9.60. The van der Waals surface area contributed by atoms with Crippen molar-refractivity contribution in [3.05, 3.63) is 23.0 Å². The molecule has 0 aliphatic rings. The predicted molar refractivity (Wildman–Crippen MR) is 52.4 cm³/mol. The normalized spacial score (nSPS) is 11.7. The van der Waals surface area contributed by atoms with Gasteiger partial charge in [-0.05, 0) is 0 Å². The second kappa shape index (κ2) is 5.55.